The van der Waals surface area contributed by atoms with E-state index in [1.54, 1.807) is 6.07 Å². The van der Waals surface area contributed by atoms with Gasteiger partial charge in [-0.15, -0.1) is 0 Å². The zero-order valence-electron chi connectivity index (χ0n) is 10.6. The van der Waals surface area contributed by atoms with E-state index in [1.165, 1.54) is 24.3 Å². The van der Waals surface area contributed by atoms with E-state index in [1.807, 2.05) is 6.92 Å². The highest BCUT2D eigenvalue weighted by Gasteiger charge is 2.19. The Morgan fingerprint density at radius 1 is 0.952 bits per heavy atom. The van der Waals surface area contributed by atoms with Crippen LogP contribution < -0.4 is 4.72 Å². The second kappa shape index (κ2) is 6.46. The van der Waals surface area contributed by atoms with Gasteiger partial charge in [0.2, 0.25) is 0 Å². The van der Waals surface area contributed by atoms with Crippen molar-refractivity contribution in [2.75, 3.05) is 4.72 Å². The SMILES string of the molecule is Cc1cc(Br)c(S(=O)(=O)Nc2cc(Cl)cc(Cl)c2)cc1Br. The molecule has 0 bridgehead atoms. The quantitative estimate of drug-likeness (QED) is 0.628. The fourth-order valence-corrected chi connectivity index (χ4v) is 4.90. The Morgan fingerprint density at radius 2 is 1.52 bits per heavy atom. The summed E-state index contributed by atoms with van der Waals surface area (Å²) in [5.41, 5.74) is 1.22. The largest absolute Gasteiger partial charge is 0.279 e. The van der Waals surface area contributed by atoms with E-state index in [0.29, 0.717) is 24.7 Å². The van der Waals surface area contributed by atoms with Gasteiger partial charge in [-0.2, -0.15) is 0 Å². The molecule has 0 atom stereocenters. The molecule has 0 spiro atoms. The molecule has 0 radical (unpaired) electrons. The average Bonchev–Trinajstić information content (AvgIpc) is 2.31. The highest BCUT2D eigenvalue weighted by Crippen LogP contribution is 2.31. The molecule has 0 fully saturated rings. The minimum atomic E-state index is -3.76. The van der Waals surface area contributed by atoms with Crippen LogP contribution in [0.4, 0.5) is 5.69 Å². The lowest BCUT2D eigenvalue weighted by Crippen LogP contribution is -2.13. The number of halogens is 4. The van der Waals surface area contributed by atoms with Gasteiger partial charge in [0.1, 0.15) is 4.90 Å². The Bertz CT molecular complexity index is 790. The van der Waals surface area contributed by atoms with Gasteiger partial charge in [-0.05, 0) is 58.7 Å². The maximum absolute atomic E-state index is 12.5. The van der Waals surface area contributed by atoms with Crippen LogP contribution in [0.25, 0.3) is 0 Å². The van der Waals surface area contributed by atoms with Crippen LogP contribution >= 0.6 is 55.1 Å². The molecule has 21 heavy (non-hydrogen) atoms. The van der Waals surface area contributed by atoms with Crippen molar-refractivity contribution in [3.05, 3.63) is 54.9 Å². The number of nitrogens with one attached hydrogen (secondary N) is 1. The summed E-state index contributed by atoms with van der Waals surface area (Å²) in [6.07, 6.45) is 0. The summed E-state index contributed by atoms with van der Waals surface area (Å²) in [4.78, 5) is 0.121. The Morgan fingerprint density at radius 3 is 2.10 bits per heavy atom. The summed E-state index contributed by atoms with van der Waals surface area (Å²) in [5, 5.41) is 0.703. The molecular formula is C13H9Br2Cl2NO2S. The molecule has 8 heteroatoms. The lowest BCUT2D eigenvalue weighted by Gasteiger charge is -2.12. The Kier molecular flexibility index (Phi) is 5.26. The summed E-state index contributed by atoms with van der Waals surface area (Å²) in [5.74, 6) is 0. The van der Waals surface area contributed by atoms with Gasteiger partial charge in [-0.1, -0.05) is 39.1 Å². The van der Waals surface area contributed by atoms with E-state index >= 15 is 0 Å². The Balaban J connectivity index is 2.45. The molecule has 3 nitrogen and oxygen atoms in total. The van der Waals surface area contributed by atoms with Crippen LogP contribution in [0.1, 0.15) is 5.56 Å². The zero-order valence-corrected chi connectivity index (χ0v) is 16.1. The fraction of sp³-hybridized carbons (Fsp3) is 0.0769. The van der Waals surface area contributed by atoms with Crippen LogP contribution in [0.15, 0.2) is 44.2 Å². The third-order valence-corrected chi connectivity index (χ3v) is 6.25. The first-order chi connectivity index (χ1) is 9.69. The van der Waals surface area contributed by atoms with Gasteiger partial charge in [-0.3, -0.25) is 4.72 Å². The van der Waals surface area contributed by atoms with Crippen molar-refractivity contribution in [1.29, 1.82) is 0 Å². The van der Waals surface area contributed by atoms with Crippen molar-refractivity contribution in [3.63, 3.8) is 0 Å². The number of benzene rings is 2. The number of sulfonamides is 1. The van der Waals surface area contributed by atoms with Crippen molar-refractivity contribution < 1.29 is 8.42 Å². The average molecular weight is 474 g/mol. The van der Waals surface area contributed by atoms with E-state index in [2.05, 4.69) is 36.6 Å². The lowest BCUT2D eigenvalue weighted by molar-refractivity contribution is 0.600. The highest BCUT2D eigenvalue weighted by molar-refractivity contribution is 9.11. The zero-order chi connectivity index (χ0) is 15.8. The predicted octanol–water partition coefficient (Wildman–Crippen LogP) is 5.63. The molecular weight excluding hydrogens is 465 g/mol. The smallest absolute Gasteiger partial charge is 0.263 e. The highest BCUT2D eigenvalue weighted by atomic mass is 79.9. The van der Waals surface area contributed by atoms with Crippen molar-refractivity contribution in [2.45, 2.75) is 11.8 Å². The molecule has 0 aliphatic heterocycles. The molecule has 2 aromatic carbocycles. The number of aryl methyl sites for hydroxylation is 1. The summed E-state index contributed by atoms with van der Waals surface area (Å²) in [6.45, 7) is 1.87. The molecule has 0 aromatic heterocycles. The molecule has 2 aromatic rings. The second-order valence-electron chi connectivity index (χ2n) is 4.30. The Hall–Kier alpha value is -0.270. The number of rotatable bonds is 3. The van der Waals surface area contributed by atoms with E-state index in [9.17, 15) is 8.42 Å². The molecule has 0 aliphatic carbocycles. The molecule has 0 heterocycles. The topological polar surface area (TPSA) is 46.2 Å². The van der Waals surface area contributed by atoms with Gasteiger partial charge in [0.05, 0.1) is 5.69 Å². The van der Waals surface area contributed by atoms with Gasteiger partial charge >= 0.3 is 0 Å². The minimum absolute atomic E-state index is 0.121. The molecule has 0 amide bonds. The van der Waals surface area contributed by atoms with E-state index in [4.69, 9.17) is 23.2 Å². The summed E-state index contributed by atoms with van der Waals surface area (Å²) in [6, 6.07) is 7.76. The first kappa shape index (κ1) is 17.1. The van der Waals surface area contributed by atoms with E-state index in [0.717, 1.165) is 5.56 Å². The third-order valence-electron chi connectivity index (χ3n) is 2.62. The first-order valence-corrected chi connectivity index (χ1v) is 9.46. The van der Waals surface area contributed by atoms with Crippen molar-refractivity contribution in [2.24, 2.45) is 0 Å². The van der Waals surface area contributed by atoms with Crippen LogP contribution in [-0.2, 0) is 10.0 Å². The summed E-state index contributed by atoms with van der Waals surface area (Å²) >= 11 is 18.3. The summed E-state index contributed by atoms with van der Waals surface area (Å²) < 4.78 is 28.6. The second-order valence-corrected chi connectivity index (χ2v) is 8.53. The molecule has 1 N–H and O–H groups in total. The molecule has 0 saturated carbocycles. The fourth-order valence-electron chi connectivity index (χ4n) is 1.66. The van der Waals surface area contributed by atoms with Crippen molar-refractivity contribution >= 4 is 70.8 Å². The maximum Gasteiger partial charge on any atom is 0.263 e. The van der Waals surface area contributed by atoms with E-state index < -0.39 is 10.0 Å². The molecule has 0 unspecified atom stereocenters. The minimum Gasteiger partial charge on any atom is -0.279 e. The third kappa shape index (κ3) is 4.13. The van der Waals surface area contributed by atoms with Crippen LogP contribution in [0, 0.1) is 6.92 Å². The predicted molar refractivity (Wildman–Crippen MR) is 93.8 cm³/mol. The molecule has 2 rings (SSSR count). The van der Waals surface area contributed by atoms with Gasteiger partial charge in [0, 0.05) is 19.0 Å². The van der Waals surface area contributed by atoms with Crippen LogP contribution in [-0.4, -0.2) is 8.42 Å². The summed E-state index contributed by atoms with van der Waals surface area (Å²) in [7, 11) is -3.76. The number of hydrogen-bond donors (Lipinski definition) is 1. The first-order valence-electron chi connectivity index (χ1n) is 5.63. The van der Waals surface area contributed by atoms with Crippen molar-refractivity contribution in [3.8, 4) is 0 Å². The normalized spacial score (nSPS) is 11.5. The van der Waals surface area contributed by atoms with Gasteiger partial charge in [0.15, 0.2) is 0 Å². The maximum atomic E-state index is 12.5. The van der Waals surface area contributed by atoms with Crippen molar-refractivity contribution in [1.82, 2.24) is 0 Å². The number of hydrogen-bond acceptors (Lipinski definition) is 2. The van der Waals surface area contributed by atoms with E-state index in [-0.39, 0.29) is 4.90 Å². The Labute approximate surface area is 150 Å². The van der Waals surface area contributed by atoms with Gasteiger partial charge < -0.3 is 0 Å². The molecule has 0 aliphatic rings. The molecule has 112 valence electrons. The standard InChI is InChI=1S/C13H9Br2Cl2NO2S/c1-7-2-12(15)13(6-11(7)14)21(19,20)18-10-4-8(16)3-9(17)5-10/h2-6,18H,1H3. The van der Waals surface area contributed by atoms with Crippen LogP contribution in [0.2, 0.25) is 10.0 Å². The van der Waals surface area contributed by atoms with Crippen LogP contribution in [0.5, 0.6) is 0 Å². The van der Waals surface area contributed by atoms with Gasteiger partial charge in [0.25, 0.3) is 10.0 Å². The monoisotopic (exact) mass is 471 g/mol. The van der Waals surface area contributed by atoms with Crippen LogP contribution in [0.3, 0.4) is 0 Å². The molecule has 0 saturated heterocycles. The number of anilines is 1. The van der Waals surface area contributed by atoms with Gasteiger partial charge in [-0.25, -0.2) is 8.42 Å². The lowest BCUT2D eigenvalue weighted by atomic mass is 10.2.